The van der Waals surface area contributed by atoms with E-state index in [-0.39, 0.29) is 24.8 Å². The van der Waals surface area contributed by atoms with Crippen molar-refractivity contribution in [3.8, 4) is 0 Å². The molecule has 0 unspecified atom stereocenters. The number of carbonyl (C=O) groups excluding carboxylic acids is 2. The number of carbonyl (C=O) groups is 2. The number of anilines is 1. The number of fused-ring (bicyclic) bond motifs is 1. The molecule has 1 aliphatic heterocycles. The minimum absolute atomic E-state index is 0.0423. The molecule has 10 heteroatoms. The van der Waals surface area contributed by atoms with E-state index in [0.717, 1.165) is 5.56 Å². The summed E-state index contributed by atoms with van der Waals surface area (Å²) in [4.78, 5) is 23.2. The van der Waals surface area contributed by atoms with Crippen LogP contribution in [0.15, 0.2) is 12.1 Å². The number of nitrogens with one attached hydrogen (secondary N) is 2. The maximum Gasteiger partial charge on any atom is 0.493 e. The highest BCUT2D eigenvalue weighted by atomic mass is 35.5. The van der Waals surface area contributed by atoms with Crippen LogP contribution in [0, 0.1) is 0 Å². The van der Waals surface area contributed by atoms with E-state index in [4.69, 9.17) is 25.7 Å². The number of amides is 2. The van der Waals surface area contributed by atoms with Gasteiger partial charge in [-0.2, -0.15) is 0 Å². The van der Waals surface area contributed by atoms with Gasteiger partial charge in [-0.15, -0.1) is 0 Å². The molecule has 2 amide bonds. The number of rotatable bonds is 4. The van der Waals surface area contributed by atoms with E-state index in [0.29, 0.717) is 11.2 Å². The molecule has 0 aromatic heterocycles. The Hall–Kier alpha value is -1.97. The highest BCUT2D eigenvalue weighted by molar-refractivity contribution is 6.66. The maximum atomic E-state index is 11.8. The summed E-state index contributed by atoms with van der Waals surface area (Å²) >= 11 is 6.17. The molecular formula is C15H20BClN2O6. The van der Waals surface area contributed by atoms with Gasteiger partial charge in [-0.25, -0.2) is 9.59 Å². The largest absolute Gasteiger partial charge is 0.493 e. The SMILES string of the molecule is CC(C)(C)OC(=O)NCCOC(=O)Nc1ccc2c(c1Cl)B(O)OC2. The average Bonchev–Trinajstić information content (AvgIpc) is 2.87. The van der Waals surface area contributed by atoms with Crippen LogP contribution in [0.3, 0.4) is 0 Å². The van der Waals surface area contributed by atoms with Crippen LogP contribution in [0.25, 0.3) is 0 Å². The molecule has 0 bridgehead atoms. The van der Waals surface area contributed by atoms with Gasteiger partial charge in [0.2, 0.25) is 0 Å². The predicted molar refractivity (Wildman–Crippen MR) is 93.1 cm³/mol. The normalized spacial score (nSPS) is 13.2. The van der Waals surface area contributed by atoms with Gasteiger partial charge < -0.3 is 24.5 Å². The van der Waals surface area contributed by atoms with Crippen LogP contribution in [0.4, 0.5) is 15.3 Å². The molecule has 1 aromatic carbocycles. The van der Waals surface area contributed by atoms with Gasteiger partial charge in [0.1, 0.15) is 12.2 Å². The van der Waals surface area contributed by atoms with Gasteiger partial charge in [0.25, 0.3) is 0 Å². The molecule has 0 saturated carbocycles. The second kappa shape index (κ2) is 7.94. The molecule has 0 aliphatic carbocycles. The molecule has 0 fully saturated rings. The summed E-state index contributed by atoms with van der Waals surface area (Å²) in [7, 11) is -1.11. The summed E-state index contributed by atoms with van der Waals surface area (Å²) in [6.07, 6.45) is -1.33. The molecule has 0 radical (unpaired) electrons. The van der Waals surface area contributed by atoms with E-state index >= 15 is 0 Å². The van der Waals surface area contributed by atoms with Crippen molar-refractivity contribution in [3.05, 3.63) is 22.7 Å². The summed E-state index contributed by atoms with van der Waals surface area (Å²) < 4.78 is 15.1. The second-order valence-corrected chi connectivity index (χ2v) is 6.73. The monoisotopic (exact) mass is 370 g/mol. The number of ether oxygens (including phenoxy) is 2. The smallest absolute Gasteiger partial charge is 0.447 e. The van der Waals surface area contributed by atoms with Gasteiger partial charge in [-0.3, -0.25) is 5.32 Å². The standard InChI is InChI=1S/C15H20BClN2O6/c1-15(2,3)25-13(20)18-6-7-23-14(21)19-10-5-4-9-8-24-16(22)11(9)12(10)17/h4-5,22H,6-8H2,1-3H3,(H,18,20)(H,19,21). The summed E-state index contributed by atoms with van der Waals surface area (Å²) in [5.74, 6) is 0. The number of alkyl carbamates (subject to hydrolysis) is 1. The third kappa shape index (κ3) is 5.52. The van der Waals surface area contributed by atoms with E-state index in [1.54, 1.807) is 32.9 Å². The molecule has 25 heavy (non-hydrogen) atoms. The first-order valence-corrected chi connectivity index (χ1v) is 8.07. The minimum Gasteiger partial charge on any atom is -0.447 e. The fraction of sp³-hybridized carbons (Fsp3) is 0.467. The third-order valence-corrected chi connectivity index (χ3v) is 3.56. The van der Waals surface area contributed by atoms with Crippen molar-refractivity contribution in [3.63, 3.8) is 0 Å². The maximum absolute atomic E-state index is 11.8. The zero-order valence-electron chi connectivity index (χ0n) is 14.2. The molecule has 3 N–H and O–H groups in total. The van der Waals surface area contributed by atoms with Crippen molar-refractivity contribution in [2.24, 2.45) is 0 Å². The van der Waals surface area contributed by atoms with Crippen molar-refractivity contribution >= 4 is 42.1 Å². The number of benzene rings is 1. The van der Waals surface area contributed by atoms with Gasteiger partial charge in [-0.1, -0.05) is 17.7 Å². The molecule has 0 saturated heterocycles. The Bertz CT molecular complexity index is 664. The minimum atomic E-state index is -1.11. The zero-order chi connectivity index (χ0) is 18.6. The van der Waals surface area contributed by atoms with Crippen molar-refractivity contribution < 1.29 is 28.7 Å². The number of hydrogen-bond donors (Lipinski definition) is 3. The first kappa shape index (κ1) is 19.4. The molecular weight excluding hydrogens is 350 g/mol. The summed E-state index contributed by atoms with van der Waals surface area (Å²) in [5, 5.41) is 14.9. The molecule has 8 nitrogen and oxygen atoms in total. The lowest BCUT2D eigenvalue weighted by Gasteiger charge is -2.19. The van der Waals surface area contributed by atoms with Crippen molar-refractivity contribution in [2.75, 3.05) is 18.5 Å². The van der Waals surface area contributed by atoms with Gasteiger partial charge >= 0.3 is 19.3 Å². The molecule has 1 aromatic rings. The Kier molecular flexibility index (Phi) is 6.15. The highest BCUT2D eigenvalue weighted by Crippen LogP contribution is 2.25. The van der Waals surface area contributed by atoms with E-state index in [2.05, 4.69) is 10.6 Å². The fourth-order valence-electron chi connectivity index (χ4n) is 2.13. The van der Waals surface area contributed by atoms with Gasteiger partial charge in [0, 0.05) is 5.46 Å². The molecule has 1 aliphatic rings. The lowest BCUT2D eigenvalue weighted by molar-refractivity contribution is 0.0514. The van der Waals surface area contributed by atoms with Gasteiger partial charge in [0.15, 0.2) is 0 Å². The van der Waals surface area contributed by atoms with E-state index in [9.17, 15) is 14.6 Å². The van der Waals surface area contributed by atoms with Crippen molar-refractivity contribution in [1.29, 1.82) is 0 Å². The van der Waals surface area contributed by atoms with Crippen LogP contribution in [0.1, 0.15) is 26.3 Å². The first-order chi connectivity index (χ1) is 11.7. The van der Waals surface area contributed by atoms with Crippen LogP contribution in [0.2, 0.25) is 5.02 Å². The molecule has 136 valence electrons. The van der Waals surface area contributed by atoms with Crippen LogP contribution in [-0.2, 0) is 20.7 Å². The van der Waals surface area contributed by atoms with Crippen LogP contribution < -0.4 is 16.1 Å². The Balaban J connectivity index is 1.78. The fourth-order valence-corrected chi connectivity index (χ4v) is 2.46. The van der Waals surface area contributed by atoms with E-state index < -0.39 is 24.9 Å². The third-order valence-electron chi connectivity index (χ3n) is 3.15. The molecule has 1 heterocycles. The number of halogens is 1. The Morgan fingerprint density at radius 2 is 2.08 bits per heavy atom. The topological polar surface area (TPSA) is 106 Å². The molecule has 0 atom stereocenters. The van der Waals surface area contributed by atoms with Crippen LogP contribution in [0.5, 0.6) is 0 Å². The Morgan fingerprint density at radius 1 is 1.36 bits per heavy atom. The highest BCUT2D eigenvalue weighted by Gasteiger charge is 2.31. The second-order valence-electron chi connectivity index (χ2n) is 6.35. The quantitative estimate of drug-likeness (QED) is 0.549. The van der Waals surface area contributed by atoms with Crippen molar-refractivity contribution in [2.45, 2.75) is 33.0 Å². The predicted octanol–water partition coefficient (Wildman–Crippen LogP) is 1.63. The Morgan fingerprint density at radius 3 is 2.76 bits per heavy atom. The lowest BCUT2D eigenvalue weighted by atomic mass is 9.79. The first-order valence-electron chi connectivity index (χ1n) is 7.69. The summed E-state index contributed by atoms with van der Waals surface area (Å²) in [6, 6.07) is 3.31. The average molecular weight is 371 g/mol. The Labute approximate surface area is 150 Å². The molecule has 2 rings (SSSR count). The number of hydrogen-bond acceptors (Lipinski definition) is 6. The van der Waals surface area contributed by atoms with Gasteiger partial charge in [0.05, 0.1) is 23.9 Å². The lowest BCUT2D eigenvalue weighted by Crippen LogP contribution is -2.34. The summed E-state index contributed by atoms with van der Waals surface area (Å²) in [6.45, 7) is 5.57. The van der Waals surface area contributed by atoms with Crippen LogP contribution in [-0.4, -0.2) is 43.1 Å². The zero-order valence-corrected chi connectivity index (χ0v) is 15.0. The summed E-state index contributed by atoms with van der Waals surface area (Å²) in [5.41, 5.74) is 0.903. The van der Waals surface area contributed by atoms with Crippen molar-refractivity contribution in [1.82, 2.24) is 5.32 Å². The van der Waals surface area contributed by atoms with Crippen LogP contribution >= 0.6 is 11.6 Å². The molecule has 0 spiro atoms. The van der Waals surface area contributed by atoms with E-state index in [1.807, 2.05) is 0 Å². The van der Waals surface area contributed by atoms with E-state index in [1.165, 1.54) is 0 Å². The van der Waals surface area contributed by atoms with Gasteiger partial charge in [-0.05, 0) is 32.4 Å².